The van der Waals surface area contributed by atoms with Gasteiger partial charge in [0, 0.05) is 11.5 Å². The van der Waals surface area contributed by atoms with Crippen molar-refractivity contribution in [2.45, 2.75) is 20.0 Å². The lowest BCUT2D eigenvalue weighted by Gasteiger charge is -2.20. The van der Waals surface area contributed by atoms with Gasteiger partial charge < -0.3 is 0 Å². The third-order valence-corrected chi connectivity index (χ3v) is 7.70. The molecule has 0 saturated carbocycles. The van der Waals surface area contributed by atoms with Crippen molar-refractivity contribution in [2.24, 2.45) is 0 Å². The van der Waals surface area contributed by atoms with Gasteiger partial charge in [-0.2, -0.15) is 9.55 Å². The van der Waals surface area contributed by atoms with Crippen LogP contribution in [-0.2, 0) is 13.1 Å². The molecule has 2 aliphatic rings. The van der Waals surface area contributed by atoms with Gasteiger partial charge >= 0.3 is 16.9 Å². The Morgan fingerprint density at radius 3 is 2.02 bits per heavy atom. The molecule has 2 aliphatic heterocycles. The van der Waals surface area contributed by atoms with Crippen LogP contribution in [0.15, 0.2) is 131 Å². The smallest absolute Gasteiger partial charge is 0.282 e. The van der Waals surface area contributed by atoms with Gasteiger partial charge in [-0.25, -0.2) is 28.0 Å². The van der Waals surface area contributed by atoms with Crippen LogP contribution in [0.2, 0.25) is 0 Å². The van der Waals surface area contributed by atoms with Gasteiger partial charge in [0.1, 0.15) is 12.1 Å². The fourth-order valence-electron chi connectivity index (χ4n) is 5.87. The Kier molecular flexibility index (Phi) is 8.46. The van der Waals surface area contributed by atoms with Crippen LogP contribution in [0, 0.1) is 10.2 Å². The standard InChI is InChI=1S/C35H27N4O2.ClHO4/c1-2-37-28-20-9-10-21-29(28)39(33-32(37)34(40)38(35(41)36-33)23-24-13-5-3-6-14-24)30-22-12-18-26-17-11-19-27(31(26)30)25-15-7-4-8-16-25;2-1(3,4)5/h3-22H,2,23H2,1H3;(H,2,3,4,5)/q+1;/p-1. The van der Waals surface area contributed by atoms with E-state index >= 15 is 0 Å². The molecule has 7 rings (SSSR count). The van der Waals surface area contributed by atoms with Crippen molar-refractivity contribution in [1.29, 1.82) is 0 Å². The van der Waals surface area contributed by atoms with Crippen LogP contribution in [0.5, 0.6) is 0 Å². The minimum Gasteiger partial charge on any atom is -0.282 e. The SMILES string of the molecule is CC[n+]1c2c(=O)n(Cc3ccccc3)c(=O)nc-2n(-c2cccc3cccc(-c4ccccc4)c23)c2ccccc21.[O-][Cl+3]([O-])([O-])[O-]. The summed E-state index contributed by atoms with van der Waals surface area (Å²) in [5, 5.41) is 2.08. The molecule has 5 aromatic carbocycles. The number of aryl methyl sites for hydroxylation is 1. The Labute approximate surface area is 265 Å². The summed E-state index contributed by atoms with van der Waals surface area (Å²) in [6.45, 7) is 2.71. The van der Waals surface area contributed by atoms with Gasteiger partial charge in [-0.05, 0) is 41.1 Å². The predicted molar refractivity (Wildman–Crippen MR) is 163 cm³/mol. The monoisotopic (exact) mass is 634 g/mol. The number of nitrogens with zero attached hydrogens (tertiary/aromatic N) is 4. The van der Waals surface area contributed by atoms with Gasteiger partial charge in [0.15, 0.2) is 0 Å². The molecule has 0 N–H and O–H groups in total. The van der Waals surface area contributed by atoms with E-state index in [9.17, 15) is 9.59 Å². The highest BCUT2D eigenvalue weighted by molar-refractivity contribution is 6.03. The van der Waals surface area contributed by atoms with Gasteiger partial charge in [0.25, 0.3) is 0 Å². The van der Waals surface area contributed by atoms with Crippen LogP contribution in [0.1, 0.15) is 12.5 Å². The molecular weight excluding hydrogens is 608 g/mol. The molecule has 0 atom stereocenters. The summed E-state index contributed by atoms with van der Waals surface area (Å²) >= 11 is 0. The molecule has 230 valence electrons. The molecule has 0 radical (unpaired) electrons. The lowest BCUT2D eigenvalue weighted by molar-refractivity contribution is -2.00. The number of para-hydroxylation sites is 2. The highest BCUT2D eigenvalue weighted by atomic mass is 35.7. The van der Waals surface area contributed by atoms with E-state index in [0.29, 0.717) is 18.1 Å². The van der Waals surface area contributed by atoms with Gasteiger partial charge in [-0.1, -0.05) is 103 Å². The average molecular weight is 635 g/mol. The van der Waals surface area contributed by atoms with Crippen molar-refractivity contribution in [2.75, 3.05) is 0 Å². The molecule has 46 heavy (non-hydrogen) atoms. The topological polar surface area (TPSA) is 153 Å². The first-order chi connectivity index (χ1) is 22.2. The number of aromatic nitrogens is 4. The van der Waals surface area contributed by atoms with Crippen LogP contribution in [-0.4, -0.2) is 14.1 Å². The summed E-state index contributed by atoms with van der Waals surface area (Å²) in [5.74, 6) is 0.347. The lowest BCUT2D eigenvalue weighted by Crippen LogP contribution is -2.68. The molecule has 2 heterocycles. The molecule has 0 saturated heterocycles. The average Bonchev–Trinajstić information content (AvgIpc) is 3.05. The van der Waals surface area contributed by atoms with E-state index in [4.69, 9.17) is 18.6 Å². The Balaban J connectivity index is 0.000000692. The summed E-state index contributed by atoms with van der Waals surface area (Å²) in [6, 6.07) is 40.2. The zero-order valence-corrected chi connectivity index (χ0v) is 25.3. The van der Waals surface area contributed by atoms with Crippen molar-refractivity contribution < 1.29 is 33.4 Å². The first-order valence-corrected chi connectivity index (χ1v) is 15.6. The zero-order chi connectivity index (χ0) is 32.4. The van der Waals surface area contributed by atoms with Gasteiger partial charge in [-0.3, -0.25) is 9.36 Å². The van der Waals surface area contributed by atoms with Crippen molar-refractivity contribution in [1.82, 2.24) is 14.1 Å². The summed E-state index contributed by atoms with van der Waals surface area (Å²) < 4.78 is 39.2. The molecule has 10 nitrogen and oxygen atoms in total. The van der Waals surface area contributed by atoms with Crippen molar-refractivity contribution in [3.63, 3.8) is 0 Å². The zero-order valence-electron chi connectivity index (χ0n) is 24.6. The van der Waals surface area contributed by atoms with Crippen LogP contribution in [0.3, 0.4) is 0 Å². The summed E-state index contributed by atoms with van der Waals surface area (Å²) in [5.41, 5.74) is 5.11. The number of rotatable bonds is 5. The first-order valence-electron chi connectivity index (χ1n) is 14.4. The number of hydrogen-bond donors (Lipinski definition) is 0. The lowest BCUT2D eigenvalue weighted by atomic mass is 9.96. The molecule has 0 aromatic heterocycles. The molecule has 0 amide bonds. The van der Waals surface area contributed by atoms with E-state index in [-0.39, 0.29) is 12.1 Å². The molecular formula is C35H27ClN4O6. The third-order valence-electron chi connectivity index (χ3n) is 7.70. The number of hydrogen-bond acceptors (Lipinski definition) is 7. The van der Waals surface area contributed by atoms with E-state index in [0.717, 1.165) is 44.2 Å². The highest BCUT2D eigenvalue weighted by Crippen LogP contribution is 2.36. The van der Waals surface area contributed by atoms with E-state index in [1.807, 2.05) is 101 Å². The molecule has 0 bridgehead atoms. The predicted octanol–water partition coefficient (Wildman–Crippen LogP) is 1.07. The van der Waals surface area contributed by atoms with Crippen LogP contribution < -0.4 is 34.5 Å². The van der Waals surface area contributed by atoms with Gasteiger partial charge in [0.2, 0.25) is 11.3 Å². The number of halogens is 1. The largest absolute Gasteiger partial charge is 0.353 e. The van der Waals surface area contributed by atoms with Gasteiger partial charge in [-0.15, -0.1) is 10.2 Å². The third kappa shape index (κ3) is 6.03. The first kappa shape index (κ1) is 30.8. The maximum Gasteiger partial charge on any atom is 0.353 e. The minimum atomic E-state index is -4.94. The van der Waals surface area contributed by atoms with E-state index < -0.39 is 15.9 Å². The number of benzene rings is 5. The molecule has 0 unspecified atom stereocenters. The van der Waals surface area contributed by atoms with E-state index in [2.05, 4.69) is 41.4 Å². The summed E-state index contributed by atoms with van der Waals surface area (Å²) in [4.78, 5) is 32.4. The highest BCUT2D eigenvalue weighted by Gasteiger charge is 2.32. The van der Waals surface area contributed by atoms with Crippen molar-refractivity contribution >= 4 is 21.8 Å². The van der Waals surface area contributed by atoms with E-state index in [1.165, 1.54) is 4.57 Å². The summed E-state index contributed by atoms with van der Waals surface area (Å²) in [7, 11) is -4.94. The van der Waals surface area contributed by atoms with Gasteiger partial charge in [0.05, 0.1) is 12.2 Å². The second-order valence-corrected chi connectivity index (χ2v) is 11.2. The maximum atomic E-state index is 14.2. The van der Waals surface area contributed by atoms with Crippen molar-refractivity contribution in [3.8, 4) is 28.3 Å². The molecule has 5 aromatic rings. The maximum absolute atomic E-state index is 14.2. The summed E-state index contributed by atoms with van der Waals surface area (Å²) in [6.07, 6.45) is 0. The number of fused-ring (bicyclic) bond motifs is 3. The Bertz CT molecular complexity index is 2250. The second-order valence-electron chi connectivity index (χ2n) is 10.4. The van der Waals surface area contributed by atoms with E-state index in [1.54, 1.807) is 0 Å². The molecule has 0 aliphatic carbocycles. The second kappa shape index (κ2) is 12.6. The molecule has 0 fully saturated rings. The quantitative estimate of drug-likeness (QED) is 0.203. The Morgan fingerprint density at radius 1 is 0.739 bits per heavy atom. The van der Waals surface area contributed by atoms with Crippen LogP contribution in [0.25, 0.3) is 50.1 Å². The van der Waals surface area contributed by atoms with Crippen LogP contribution >= 0.6 is 0 Å². The minimum absolute atomic E-state index is 0.157. The Hall–Kier alpha value is -5.23. The van der Waals surface area contributed by atoms with Crippen LogP contribution in [0.4, 0.5) is 0 Å². The van der Waals surface area contributed by atoms with Crippen molar-refractivity contribution in [3.05, 3.63) is 148 Å². The normalized spacial score (nSPS) is 11.5. The fourth-order valence-corrected chi connectivity index (χ4v) is 5.87. The molecule has 11 heteroatoms. The molecule has 0 spiro atoms. The fraction of sp³-hybridized carbons (Fsp3) is 0.0857. The Morgan fingerprint density at radius 2 is 1.35 bits per heavy atom.